The topological polar surface area (TPSA) is 29.3 Å². The van der Waals surface area contributed by atoms with Gasteiger partial charge in [-0.25, -0.2) is 0 Å². The summed E-state index contributed by atoms with van der Waals surface area (Å²) >= 11 is 0. The van der Waals surface area contributed by atoms with E-state index in [0.29, 0.717) is 0 Å². The average molecular weight is 176 g/mol. The van der Waals surface area contributed by atoms with Crippen LogP contribution in [0.25, 0.3) is 0 Å². The van der Waals surface area contributed by atoms with E-state index in [1.54, 1.807) is 0 Å². The molecule has 13 heavy (non-hydrogen) atoms. The van der Waals surface area contributed by atoms with Gasteiger partial charge in [-0.15, -0.1) is 0 Å². The zero-order valence-electron chi connectivity index (χ0n) is 8.25. The minimum Gasteiger partial charge on any atom is -0.374 e. The summed E-state index contributed by atoms with van der Waals surface area (Å²) in [6, 6.07) is 8.39. The van der Waals surface area contributed by atoms with Crippen molar-refractivity contribution in [2.75, 3.05) is 18.5 Å². The third-order valence-electron chi connectivity index (χ3n) is 2.90. The molecule has 70 valence electrons. The molecule has 0 spiro atoms. The molecular formula is C11H16N2. The molecule has 2 heteroatoms. The minimum atomic E-state index is -0.150. The number of nitrogens with two attached hydrogens (primary N) is 1. The van der Waals surface area contributed by atoms with Crippen molar-refractivity contribution >= 4 is 5.69 Å². The maximum absolute atomic E-state index is 6.22. The zero-order chi connectivity index (χ0) is 9.47. The fourth-order valence-corrected chi connectivity index (χ4v) is 1.94. The van der Waals surface area contributed by atoms with E-state index < -0.39 is 0 Å². The Morgan fingerprint density at radius 3 is 2.77 bits per heavy atom. The maximum Gasteiger partial charge on any atom is 0.0418 e. The van der Waals surface area contributed by atoms with Crippen LogP contribution in [0.15, 0.2) is 24.3 Å². The van der Waals surface area contributed by atoms with Crippen LogP contribution in [-0.4, -0.2) is 13.6 Å². The van der Waals surface area contributed by atoms with Crippen LogP contribution in [0.5, 0.6) is 0 Å². The molecule has 1 aliphatic rings. The standard InChI is InChI=1S/C11H16N2/c1-11(12)7-8-13(2)10-6-4-3-5-9(10)11/h3-6H,7-8,12H2,1-2H3/t11-/m1/s1. The molecule has 0 aliphatic carbocycles. The van der Waals surface area contributed by atoms with Gasteiger partial charge in [0.2, 0.25) is 0 Å². The van der Waals surface area contributed by atoms with Crippen molar-refractivity contribution in [2.45, 2.75) is 18.9 Å². The summed E-state index contributed by atoms with van der Waals surface area (Å²) in [6.07, 6.45) is 1.03. The molecule has 0 bridgehead atoms. The summed E-state index contributed by atoms with van der Waals surface area (Å²) in [5.41, 5.74) is 8.62. The third kappa shape index (κ3) is 1.31. The van der Waals surface area contributed by atoms with Crippen LogP contribution in [0.3, 0.4) is 0 Å². The van der Waals surface area contributed by atoms with Crippen molar-refractivity contribution in [1.82, 2.24) is 0 Å². The summed E-state index contributed by atoms with van der Waals surface area (Å²) in [5.74, 6) is 0. The Kier molecular flexibility index (Phi) is 1.81. The number of hydrogen-bond donors (Lipinski definition) is 1. The summed E-state index contributed by atoms with van der Waals surface area (Å²) in [5, 5.41) is 0. The van der Waals surface area contributed by atoms with Crippen molar-refractivity contribution in [2.24, 2.45) is 5.73 Å². The van der Waals surface area contributed by atoms with Crippen LogP contribution < -0.4 is 10.6 Å². The van der Waals surface area contributed by atoms with Crippen LogP contribution in [0.4, 0.5) is 5.69 Å². The second-order valence-corrected chi connectivity index (χ2v) is 4.11. The Balaban J connectivity index is 2.55. The van der Waals surface area contributed by atoms with Crippen molar-refractivity contribution in [3.8, 4) is 0 Å². The Hall–Kier alpha value is -1.02. The number of rotatable bonds is 0. The van der Waals surface area contributed by atoms with Gasteiger partial charge in [-0.1, -0.05) is 18.2 Å². The Bertz CT molecular complexity index is 318. The first-order valence-corrected chi connectivity index (χ1v) is 4.71. The predicted octanol–water partition coefficient (Wildman–Crippen LogP) is 1.70. The van der Waals surface area contributed by atoms with Crippen LogP contribution in [-0.2, 0) is 5.54 Å². The number of anilines is 1. The molecule has 1 heterocycles. The highest BCUT2D eigenvalue weighted by molar-refractivity contribution is 5.57. The number of fused-ring (bicyclic) bond motifs is 1. The largest absolute Gasteiger partial charge is 0.374 e. The van der Waals surface area contributed by atoms with E-state index >= 15 is 0 Å². The lowest BCUT2D eigenvalue weighted by Crippen LogP contribution is -2.42. The molecule has 1 aromatic rings. The van der Waals surface area contributed by atoms with E-state index in [1.165, 1.54) is 11.3 Å². The van der Waals surface area contributed by atoms with Gasteiger partial charge in [-0.05, 0) is 25.0 Å². The first kappa shape index (κ1) is 8.57. The van der Waals surface area contributed by atoms with Gasteiger partial charge in [0.05, 0.1) is 0 Å². The summed E-state index contributed by atoms with van der Waals surface area (Å²) in [7, 11) is 2.12. The maximum atomic E-state index is 6.22. The highest BCUT2D eigenvalue weighted by Gasteiger charge is 2.29. The lowest BCUT2D eigenvalue weighted by atomic mass is 9.85. The van der Waals surface area contributed by atoms with Gasteiger partial charge in [0.1, 0.15) is 0 Å². The molecule has 0 saturated heterocycles. The molecule has 0 amide bonds. The molecule has 1 aromatic carbocycles. The normalized spacial score (nSPS) is 27.2. The molecule has 1 aliphatic heterocycles. The van der Waals surface area contributed by atoms with E-state index in [2.05, 4.69) is 43.1 Å². The minimum absolute atomic E-state index is 0.150. The van der Waals surface area contributed by atoms with Crippen LogP contribution in [0, 0.1) is 0 Å². The molecule has 1 atom stereocenters. The molecule has 2 N–H and O–H groups in total. The molecule has 0 aromatic heterocycles. The SMILES string of the molecule is CN1CC[C@@](C)(N)c2ccccc21. The van der Waals surface area contributed by atoms with Gasteiger partial charge in [0.15, 0.2) is 0 Å². The molecule has 0 saturated carbocycles. The quantitative estimate of drug-likeness (QED) is 0.652. The van der Waals surface area contributed by atoms with Crippen molar-refractivity contribution in [1.29, 1.82) is 0 Å². The fraction of sp³-hybridized carbons (Fsp3) is 0.455. The molecule has 2 rings (SSSR count). The van der Waals surface area contributed by atoms with Crippen molar-refractivity contribution in [3.05, 3.63) is 29.8 Å². The van der Waals surface area contributed by atoms with E-state index in [1.807, 2.05) is 0 Å². The van der Waals surface area contributed by atoms with Crippen LogP contribution in [0.1, 0.15) is 18.9 Å². The molecule has 0 radical (unpaired) electrons. The van der Waals surface area contributed by atoms with Crippen LogP contribution >= 0.6 is 0 Å². The first-order chi connectivity index (χ1) is 6.11. The predicted molar refractivity (Wildman–Crippen MR) is 55.9 cm³/mol. The van der Waals surface area contributed by atoms with Gasteiger partial charge in [0, 0.05) is 24.8 Å². The lowest BCUT2D eigenvalue weighted by Gasteiger charge is -2.38. The van der Waals surface area contributed by atoms with E-state index in [-0.39, 0.29) is 5.54 Å². The van der Waals surface area contributed by atoms with Gasteiger partial charge in [-0.2, -0.15) is 0 Å². The van der Waals surface area contributed by atoms with Gasteiger partial charge < -0.3 is 10.6 Å². The Morgan fingerprint density at radius 2 is 2.08 bits per heavy atom. The van der Waals surface area contributed by atoms with Crippen molar-refractivity contribution in [3.63, 3.8) is 0 Å². The third-order valence-corrected chi connectivity index (χ3v) is 2.90. The monoisotopic (exact) mass is 176 g/mol. The van der Waals surface area contributed by atoms with Crippen LogP contribution in [0.2, 0.25) is 0 Å². The summed E-state index contributed by atoms with van der Waals surface area (Å²) in [6.45, 7) is 3.16. The van der Waals surface area contributed by atoms with Crippen molar-refractivity contribution < 1.29 is 0 Å². The van der Waals surface area contributed by atoms with Gasteiger partial charge in [-0.3, -0.25) is 0 Å². The summed E-state index contributed by atoms with van der Waals surface area (Å²) < 4.78 is 0. The van der Waals surface area contributed by atoms with Gasteiger partial charge >= 0.3 is 0 Å². The van der Waals surface area contributed by atoms with E-state index in [0.717, 1.165) is 13.0 Å². The molecule has 0 unspecified atom stereocenters. The first-order valence-electron chi connectivity index (χ1n) is 4.71. The number of hydrogen-bond acceptors (Lipinski definition) is 2. The number of benzene rings is 1. The smallest absolute Gasteiger partial charge is 0.0418 e. The zero-order valence-corrected chi connectivity index (χ0v) is 8.25. The van der Waals surface area contributed by atoms with Gasteiger partial charge in [0.25, 0.3) is 0 Å². The average Bonchev–Trinajstić information content (AvgIpc) is 2.13. The highest BCUT2D eigenvalue weighted by atomic mass is 15.1. The Morgan fingerprint density at radius 1 is 1.38 bits per heavy atom. The fourth-order valence-electron chi connectivity index (χ4n) is 1.94. The van der Waals surface area contributed by atoms with E-state index in [9.17, 15) is 0 Å². The Labute approximate surface area is 79.4 Å². The molecular weight excluding hydrogens is 160 g/mol. The second kappa shape index (κ2) is 2.74. The number of para-hydroxylation sites is 1. The highest BCUT2D eigenvalue weighted by Crippen LogP contribution is 2.34. The van der Waals surface area contributed by atoms with E-state index in [4.69, 9.17) is 5.73 Å². The summed E-state index contributed by atoms with van der Waals surface area (Å²) in [4.78, 5) is 2.27. The number of nitrogens with zero attached hydrogens (tertiary/aromatic N) is 1. The second-order valence-electron chi connectivity index (χ2n) is 4.11. The molecule has 0 fully saturated rings. The molecule has 2 nitrogen and oxygen atoms in total. The lowest BCUT2D eigenvalue weighted by molar-refractivity contribution is 0.437.